The molecule has 7 nitrogen and oxygen atoms in total. The second-order valence-electron chi connectivity index (χ2n) is 9.42. The third-order valence-electron chi connectivity index (χ3n) is 5.81. The number of aliphatic hydroxyl groups is 1. The Labute approximate surface area is 190 Å². The van der Waals surface area contributed by atoms with Crippen molar-refractivity contribution < 1.29 is 24.5 Å². The molecule has 1 aromatic heterocycles. The van der Waals surface area contributed by atoms with Gasteiger partial charge in [0.15, 0.2) is 6.61 Å². The zero-order chi connectivity index (χ0) is 23.3. The van der Waals surface area contributed by atoms with E-state index in [-0.39, 0.29) is 18.1 Å². The number of hydrogen-bond donors (Lipinski definition) is 2. The van der Waals surface area contributed by atoms with Crippen molar-refractivity contribution in [2.24, 2.45) is 0 Å². The van der Waals surface area contributed by atoms with Crippen molar-refractivity contribution in [3.63, 3.8) is 0 Å². The van der Waals surface area contributed by atoms with Crippen LogP contribution in [0, 0.1) is 6.92 Å². The molecule has 0 aliphatic carbocycles. The highest BCUT2D eigenvalue weighted by molar-refractivity contribution is 5.68. The van der Waals surface area contributed by atoms with Gasteiger partial charge in [-0.1, -0.05) is 32.9 Å². The summed E-state index contributed by atoms with van der Waals surface area (Å²) in [4.78, 5) is 17.5. The summed E-state index contributed by atoms with van der Waals surface area (Å²) in [5.74, 6) is 0.288. The van der Waals surface area contributed by atoms with Gasteiger partial charge in [-0.25, -0.2) is 4.79 Å². The predicted molar refractivity (Wildman–Crippen MR) is 122 cm³/mol. The summed E-state index contributed by atoms with van der Waals surface area (Å²) in [5.41, 5.74) is 2.89. The summed E-state index contributed by atoms with van der Waals surface area (Å²) >= 11 is 0. The van der Waals surface area contributed by atoms with Gasteiger partial charge in [0.25, 0.3) is 0 Å². The lowest BCUT2D eigenvalue weighted by atomic mass is 9.86. The second kappa shape index (κ2) is 10.3. The van der Waals surface area contributed by atoms with Crippen LogP contribution in [0.5, 0.6) is 11.5 Å². The fourth-order valence-electron chi connectivity index (χ4n) is 3.86. The van der Waals surface area contributed by atoms with Crippen LogP contribution in [0.1, 0.15) is 50.4 Å². The lowest BCUT2D eigenvalue weighted by molar-refractivity contribution is -0.139. The number of rotatable bonds is 7. The van der Waals surface area contributed by atoms with E-state index in [4.69, 9.17) is 14.6 Å². The molecule has 2 atom stereocenters. The summed E-state index contributed by atoms with van der Waals surface area (Å²) < 4.78 is 11.7. The Morgan fingerprint density at radius 1 is 1.19 bits per heavy atom. The topological polar surface area (TPSA) is 92.1 Å². The molecule has 7 heteroatoms. The molecule has 2 aromatic rings. The number of aryl methyl sites for hydroxylation is 1. The molecular weight excluding hydrogens is 408 g/mol. The quantitative estimate of drug-likeness (QED) is 0.677. The zero-order valence-electron chi connectivity index (χ0n) is 19.4. The van der Waals surface area contributed by atoms with Crippen LogP contribution in [0.4, 0.5) is 0 Å². The summed E-state index contributed by atoms with van der Waals surface area (Å²) in [6.07, 6.45) is 2.13. The first-order valence-electron chi connectivity index (χ1n) is 11.1. The van der Waals surface area contributed by atoms with Crippen molar-refractivity contribution in [3.05, 3.63) is 53.3 Å². The molecule has 2 N–H and O–H groups in total. The average molecular weight is 443 g/mol. The fourth-order valence-corrected chi connectivity index (χ4v) is 3.86. The molecule has 0 spiro atoms. The number of hydrogen-bond acceptors (Lipinski definition) is 6. The number of carboxylic acid groups (broad SMARTS) is 1. The Hall–Kier alpha value is -2.64. The molecule has 1 saturated heterocycles. The van der Waals surface area contributed by atoms with E-state index in [0.717, 1.165) is 17.8 Å². The molecule has 0 saturated carbocycles. The maximum atomic E-state index is 11.0. The highest BCUT2D eigenvalue weighted by Crippen LogP contribution is 2.30. The Bertz CT molecular complexity index is 925. The summed E-state index contributed by atoms with van der Waals surface area (Å²) in [6.45, 7) is 10.0. The van der Waals surface area contributed by atoms with E-state index in [1.165, 1.54) is 5.56 Å². The van der Waals surface area contributed by atoms with E-state index in [2.05, 4.69) is 36.7 Å². The maximum Gasteiger partial charge on any atom is 0.341 e. The van der Waals surface area contributed by atoms with Crippen LogP contribution in [0.2, 0.25) is 0 Å². The predicted octanol–water partition coefficient (Wildman–Crippen LogP) is 3.56. The number of pyridine rings is 1. The van der Waals surface area contributed by atoms with Gasteiger partial charge < -0.3 is 19.7 Å². The van der Waals surface area contributed by atoms with Crippen molar-refractivity contribution >= 4 is 5.97 Å². The molecule has 1 aromatic carbocycles. The first kappa shape index (κ1) is 24.0. The number of likely N-dealkylation sites (tertiary alicyclic amines) is 1. The number of benzene rings is 1. The van der Waals surface area contributed by atoms with Gasteiger partial charge >= 0.3 is 5.97 Å². The van der Waals surface area contributed by atoms with Crippen LogP contribution in [0.25, 0.3) is 0 Å². The summed E-state index contributed by atoms with van der Waals surface area (Å²) in [5, 5.41) is 19.7. The van der Waals surface area contributed by atoms with Gasteiger partial charge in [-0.15, -0.1) is 0 Å². The Kier molecular flexibility index (Phi) is 7.74. The van der Waals surface area contributed by atoms with Crippen LogP contribution >= 0.6 is 0 Å². The Morgan fingerprint density at radius 3 is 2.62 bits per heavy atom. The highest BCUT2D eigenvalue weighted by atomic mass is 16.5. The second-order valence-corrected chi connectivity index (χ2v) is 9.42. The van der Waals surface area contributed by atoms with Crippen molar-refractivity contribution in [2.45, 2.75) is 64.7 Å². The SMILES string of the molecule is Cc1ncccc1O[C@H]1CCN(Cc2cc(C(C)(C)C)ccc2OCC(=O)O)CC[C@@H]1O. The molecule has 1 aliphatic heterocycles. The molecule has 0 radical (unpaired) electrons. The molecule has 174 valence electrons. The monoisotopic (exact) mass is 442 g/mol. The Balaban J connectivity index is 1.73. The third kappa shape index (κ3) is 6.43. The van der Waals surface area contributed by atoms with Gasteiger partial charge in [0, 0.05) is 31.4 Å². The number of aliphatic hydroxyl groups excluding tert-OH is 1. The van der Waals surface area contributed by atoms with Gasteiger partial charge in [0.2, 0.25) is 0 Å². The van der Waals surface area contributed by atoms with Crippen molar-refractivity contribution in [2.75, 3.05) is 19.7 Å². The van der Waals surface area contributed by atoms with Gasteiger partial charge in [0.1, 0.15) is 17.6 Å². The van der Waals surface area contributed by atoms with E-state index >= 15 is 0 Å². The molecule has 1 aliphatic rings. The van der Waals surface area contributed by atoms with Crippen LogP contribution in [0.15, 0.2) is 36.5 Å². The molecular formula is C25H34N2O5. The Morgan fingerprint density at radius 2 is 1.94 bits per heavy atom. The van der Waals surface area contributed by atoms with E-state index in [1.807, 2.05) is 31.2 Å². The van der Waals surface area contributed by atoms with Crippen molar-refractivity contribution in [3.8, 4) is 11.5 Å². The van der Waals surface area contributed by atoms with Crippen LogP contribution in [-0.2, 0) is 16.8 Å². The van der Waals surface area contributed by atoms with Gasteiger partial charge in [-0.05, 0) is 48.9 Å². The molecule has 3 rings (SSSR count). The number of aliphatic carboxylic acids is 1. The van der Waals surface area contributed by atoms with Gasteiger partial charge in [-0.3, -0.25) is 9.88 Å². The minimum absolute atomic E-state index is 0.0322. The number of nitrogens with zero attached hydrogens (tertiary/aromatic N) is 2. The van der Waals surface area contributed by atoms with Gasteiger partial charge in [-0.2, -0.15) is 0 Å². The lowest BCUT2D eigenvalue weighted by Gasteiger charge is -2.25. The first-order valence-corrected chi connectivity index (χ1v) is 11.1. The number of ether oxygens (including phenoxy) is 2. The number of aromatic nitrogens is 1. The maximum absolute atomic E-state index is 11.0. The van der Waals surface area contributed by atoms with Crippen molar-refractivity contribution in [1.29, 1.82) is 0 Å². The standard InChI is InChI=1S/C25H34N2O5/c1-17-21(6-5-11-26-17)32-23-10-13-27(12-9-20(23)28)15-18-14-19(25(2,3)4)7-8-22(18)31-16-24(29)30/h5-8,11,14,20,23,28H,9-10,12-13,15-16H2,1-4H3,(H,29,30)/t20-,23-/m0/s1. The van der Waals surface area contributed by atoms with Crippen LogP contribution in [-0.4, -0.2) is 58.0 Å². The molecule has 1 fully saturated rings. The third-order valence-corrected chi connectivity index (χ3v) is 5.81. The molecule has 0 amide bonds. The van der Waals surface area contributed by atoms with E-state index in [1.54, 1.807) is 6.20 Å². The number of carbonyl (C=O) groups is 1. The average Bonchev–Trinajstić information content (AvgIpc) is 2.90. The van der Waals surface area contributed by atoms with E-state index in [0.29, 0.717) is 37.4 Å². The first-order chi connectivity index (χ1) is 15.1. The molecule has 0 unspecified atom stereocenters. The number of carboxylic acids is 1. The van der Waals surface area contributed by atoms with E-state index in [9.17, 15) is 9.90 Å². The van der Waals surface area contributed by atoms with Crippen molar-refractivity contribution in [1.82, 2.24) is 9.88 Å². The smallest absolute Gasteiger partial charge is 0.341 e. The normalized spacial score (nSPS) is 19.9. The summed E-state index contributed by atoms with van der Waals surface area (Å²) in [7, 11) is 0. The molecule has 0 bridgehead atoms. The lowest BCUT2D eigenvalue weighted by Crippen LogP contribution is -2.31. The molecule has 2 heterocycles. The van der Waals surface area contributed by atoms with E-state index < -0.39 is 12.1 Å². The highest BCUT2D eigenvalue weighted by Gasteiger charge is 2.28. The fraction of sp³-hybridized carbons (Fsp3) is 0.520. The minimum Gasteiger partial charge on any atom is -0.486 e. The summed E-state index contributed by atoms with van der Waals surface area (Å²) in [6, 6.07) is 9.67. The van der Waals surface area contributed by atoms with Crippen LogP contribution in [0.3, 0.4) is 0 Å². The molecule has 32 heavy (non-hydrogen) atoms. The van der Waals surface area contributed by atoms with Crippen LogP contribution < -0.4 is 9.47 Å². The zero-order valence-corrected chi connectivity index (χ0v) is 19.4. The largest absolute Gasteiger partial charge is 0.486 e. The minimum atomic E-state index is -1.00. The van der Waals surface area contributed by atoms with Gasteiger partial charge in [0.05, 0.1) is 11.8 Å².